The van der Waals surface area contributed by atoms with Crippen LogP contribution in [0.4, 0.5) is 0 Å². The average molecular weight is 842 g/mol. The third-order valence-corrected chi connectivity index (χ3v) is 13.8. The van der Waals surface area contributed by atoms with E-state index in [0.29, 0.717) is 63.8 Å². The molecule has 11 heteroatoms. The molecule has 0 spiro atoms. The first-order valence-corrected chi connectivity index (χ1v) is 22.8. The number of amides is 1. The first kappa shape index (κ1) is 51.4. The minimum atomic E-state index is -1.67. The van der Waals surface area contributed by atoms with Gasteiger partial charge in [0.25, 0.3) is 0 Å². The van der Waals surface area contributed by atoms with Gasteiger partial charge in [-0.2, -0.15) is 0 Å². The summed E-state index contributed by atoms with van der Waals surface area (Å²) in [6.07, 6.45) is 13.0. The zero-order valence-corrected chi connectivity index (χ0v) is 38.1. The molecule has 1 saturated heterocycles. The van der Waals surface area contributed by atoms with Gasteiger partial charge in [0.1, 0.15) is 30.1 Å². The number of Topliss-reactive ketones (excluding diaryl/α,β-unsaturated/α-hetero) is 2. The van der Waals surface area contributed by atoms with Crippen molar-refractivity contribution in [2.24, 2.45) is 41.4 Å². The SMILES string of the molecule is C/C1=C\[C@@H](C)C(=O)C[C@@H]([C@H](C)CC2CCC(O)CC2)OC(=O)C2CCCN2C(=O)C[C@@](C)(O)[C@H](C)CC[C@H](C)C[C@H](O)/C(C)=C/C=C/C=C/[C@@H](C)C[C@@H](C)C(=O)[C@H](O)[C@@H]1O. The molecular formula is C49H79NO10. The summed E-state index contributed by atoms with van der Waals surface area (Å²) in [6, 6.07) is -0.842. The number of aliphatic hydroxyl groups is 5. The summed E-state index contributed by atoms with van der Waals surface area (Å²) in [5.41, 5.74) is -0.224. The maximum Gasteiger partial charge on any atom is 0.329 e. The lowest BCUT2D eigenvalue weighted by atomic mass is 9.79. The third-order valence-electron chi connectivity index (χ3n) is 13.8. The lowest BCUT2D eigenvalue weighted by molar-refractivity contribution is -0.163. The summed E-state index contributed by atoms with van der Waals surface area (Å²) >= 11 is 0. The summed E-state index contributed by atoms with van der Waals surface area (Å²) in [7, 11) is 0. The van der Waals surface area contributed by atoms with Gasteiger partial charge in [0.15, 0.2) is 5.78 Å². The van der Waals surface area contributed by atoms with Crippen LogP contribution in [-0.2, 0) is 23.9 Å². The van der Waals surface area contributed by atoms with Crippen LogP contribution in [0.15, 0.2) is 47.6 Å². The topological polar surface area (TPSA) is 182 Å². The van der Waals surface area contributed by atoms with Crippen molar-refractivity contribution in [1.29, 1.82) is 0 Å². The Morgan fingerprint density at radius 1 is 0.833 bits per heavy atom. The van der Waals surface area contributed by atoms with E-state index in [9.17, 15) is 44.7 Å². The number of allylic oxidation sites excluding steroid dienone is 6. The molecule has 2 heterocycles. The highest BCUT2D eigenvalue weighted by Gasteiger charge is 2.41. The Hall–Kier alpha value is -2.96. The van der Waals surface area contributed by atoms with E-state index in [2.05, 4.69) is 6.92 Å². The van der Waals surface area contributed by atoms with Crippen molar-refractivity contribution in [3.05, 3.63) is 47.6 Å². The molecule has 0 aromatic rings. The molecule has 340 valence electrons. The summed E-state index contributed by atoms with van der Waals surface area (Å²) in [5, 5.41) is 54.6. The van der Waals surface area contributed by atoms with Crippen molar-refractivity contribution >= 4 is 23.4 Å². The van der Waals surface area contributed by atoms with Gasteiger partial charge in [0.05, 0.1) is 24.2 Å². The third kappa shape index (κ3) is 15.7. The van der Waals surface area contributed by atoms with Crippen LogP contribution in [0.3, 0.4) is 0 Å². The van der Waals surface area contributed by atoms with E-state index in [-0.39, 0.29) is 59.9 Å². The van der Waals surface area contributed by atoms with Crippen LogP contribution in [0.1, 0.15) is 146 Å². The van der Waals surface area contributed by atoms with Gasteiger partial charge in [-0.25, -0.2) is 4.79 Å². The van der Waals surface area contributed by atoms with Gasteiger partial charge in [-0.3, -0.25) is 14.4 Å². The Bertz CT molecular complexity index is 1540. The zero-order valence-electron chi connectivity index (χ0n) is 38.1. The second kappa shape index (κ2) is 24.0. The van der Waals surface area contributed by atoms with Gasteiger partial charge in [-0.15, -0.1) is 0 Å². The Balaban J connectivity index is 1.90. The predicted molar refractivity (Wildman–Crippen MR) is 234 cm³/mol. The highest BCUT2D eigenvalue weighted by atomic mass is 16.5. The van der Waals surface area contributed by atoms with Crippen molar-refractivity contribution in [1.82, 2.24) is 4.90 Å². The predicted octanol–water partition coefficient (Wildman–Crippen LogP) is 6.98. The molecule has 3 rings (SSSR count). The van der Waals surface area contributed by atoms with Crippen LogP contribution < -0.4 is 0 Å². The van der Waals surface area contributed by atoms with E-state index in [1.54, 1.807) is 33.8 Å². The Morgan fingerprint density at radius 3 is 2.17 bits per heavy atom. The minimum Gasteiger partial charge on any atom is -0.460 e. The van der Waals surface area contributed by atoms with E-state index in [4.69, 9.17) is 4.74 Å². The highest BCUT2D eigenvalue weighted by Crippen LogP contribution is 2.34. The van der Waals surface area contributed by atoms with Crippen LogP contribution in [0, 0.1) is 41.4 Å². The van der Waals surface area contributed by atoms with Crippen LogP contribution in [0.25, 0.3) is 0 Å². The lowest BCUT2D eigenvalue weighted by Crippen LogP contribution is -2.47. The number of ketones is 2. The van der Waals surface area contributed by atoms with Gasteiger partial charge in [-0.05, 0) is 126 Å². The molecule has 3 aliphatic rings. The molecule has 1 amide bonds. The first-order valence-electron chi connectivity index (χ1n) is 22.8. The molecule has 2 aliphatic heterocycles. The van der Waals surface area contributed by atoms with Crippen molar-refractivity contribution < 1.29 is 49.4 Å². The van der Waals surface area contributed by atoms with Crippen molar-refractivity contribution in [3.63, 3.8) is 0 Å². The molecule has 12 atom stereocenters. The van der Waals surface area contributed by atoms with E-state index < -0.39 is 59.6 Å². The van der Waals surface area contributed by atoms with Gasteiger partial charge in [0, 0.05) is 24.8 Å². The molecule has 1 unspecified atom stereocenters. The fourth-order valence-corrected chi connectivity index (χ4v) is 9.12. The molecule has 0 bridgehead atoms. The maximum atomic E-state index is 14.0. The smallest absolute Gasteiger partial charge is 0.329 e. The largest absolute Gasteiger partial charge is 0.460 e. The van der Waals surface area contributed by atoms with E-state index in [1.807, 2.05) is 58.1 Å². The number of fused-ring (bicyclic) bond motifs is 1. The lowest BCUT2D eigenvalue weighted by Gasteiger charge is -2.34. The number of hydrogen-bond acceptors (Lipinski definition) is 10. The number of nitrogens with zero attached hydrogens (tertiary/aromatic N) is 1. The fraction of sp³-hybridized carbons (Fsp3) is 0.755. The van der Waals surface area contributed by atoms with Gasteiger partial charge < -0.3 is 35.2 Å². The Labute approximate surface area is 360 Å². The summed E-state index contributed by atoms with van der Waals surface area (Å²) in [4.78, 5) is 56.4. The number of ether oxygens (including phenoxy) is 1. The minimum absolute atomic E-state index is 0.000513. The first-order chi connectivity index (χ1) is 28.1. The summed E-state index contributed by atoms with van der Waals surface area (Å²) in [5.74, 6) is -2.86. The molecule has 0 radical (unpaired) electrons. The molecule has 11 nitrogen and oxygen atoms in total. The normalized spacial score (nSPS) is 40.8. The summed E-state index contributed by atoms with van der Waals surface area (Å²) < 4.78 is 6.21. The molecule has 1 aliphatic carbocycles. The molecular weight excluding hydrogens is 763 g/mol. The van der Waals surface area contributed by atoms with Gasteiger partial charge in [0.2, 0.25) is 5.91 Å². The zero-order chi connectivity index (χ0) is 44.9. The van der Waals surface area contributed by atoms with E-state index >= 15 is 0 Å². The highest BCUT2D eigenvalue weighted by molar-refractivity contribution is 5.87. The standard InChI is InChI=1S/C49H79NO10/c1-30-14-11-10-12-15-32(3)41(52)25-31(2)17-18-37(8)49(9,59)29-44(54)50-23-13-16-40(50)48(58)60-43(34(5)27-38-19-21-39(51)22-20-38)28-42(53)33(4)26-36(7)46(56)47(57)45(55)35(6)24-30/h10-12,14-15,26,30-31,33-35,37-41,43,46-47,51-52,56-57,59H,13,16-25,27-29H2,1-9H3/b12-10+,14-11+,32-15+,36-26+/t30-,31+,33-,34-,35-,37-,38?,39?,40?,41+,43+,46-,47+,49-/m1/s1. The van der Waals surface area contributed by atoms with E-state index in [0.717, 1.165) is 24.8 Å². The second-order valence-corrected chi connectivity index (χ2v) is 19.4. The molecule has 2 fully saturated rings. The molecule has 60 heavy (non-hydrogen) atoms. The number of esters is 1. The number of carbonyl (C=O) groups is 4. The van der Waals surface area contributed by atoms with Crippen molar-refractivity contribution in [2.75, 3.05) is 6.54 Å². The van der Waals surface area contributed by atoms with Crippen molar-refractivity contribution in [3.8, 4) is 0 Å². The van der Waals surface area contributed by atoms with Crippen LogP contribution >= 0.6 is 0 Å². The Morgan fingerprint density at radius 2 is 1.50 bits per heavy atom. The number of rotatable bonds is 3. The van der Waals surface area contributed by atoms with Crippen LogP contribution in [-0.4, -0.2) is 103 Å². The van der Waals surface area contributed by atoms with Crippen LogP contribution in [0.5, 0.6) is 0 Å². The fourth-order valence-electron chi connectivity index (χ4n) is 9.12. The van der Waals surface area contributed by atoms with Crippen molar-refractivity contribution in [2.45, 2.75) is 188 Å². The number of aliphatic hydroxyl groups excluding tert-OH is 4. The second-order valence-electron chi connectivity index (χ2n) is 19.4. The van der Waals surface area contributed by atoms with Crippen LogP contribution in [0.2, 0.25) is 0 Å². The monoisotopic (exact) mass is 842 g/mol. The summed E-state index contributed by atoms with van der Waals surface area (Å²) in [6.45, 7) is 16.8. The molecule has 1 saturated carbocycles. The van der Waals surface area contributed by atoms with Gasteiger partial charge in [-0.1, -0.05) is 84.4 Å². The molecule has 5 N–H and O–H groups in total. The quantitative estimate of drug-likeness (QED) is 0.147. The number of cyclic esters (lactones) is 1. The maximum absolute atomic E-state index is 14.0. The molecule has 0 aromatic heterocycles. The number of hydrogen-bond donors (Lipinski definition) is 5. The molecule has 0 aromatic carbocycles. The number of carbonyl (C=O) groups excluding carboxylic acids is 4. The van der Waals surface area contributed by atoms with Gasteiger partial charge >= 0.3 is 5.97 Å². The van der Waals surface area contributed by atoms with E-state index in [1.165, 1.54) is 4.90 Å². The average Bonchev–Trinajstić information content (AvgIpc) is 3.69. The Kier molecular flexibility index (Phi) is 20.6.